The maximum atomic E-state index is 12.3. The number of benzene rings is 2. The number of halogens is 1. The van der Waals surface area contributed by atoms with E-state index in [9.17, 15) is 19.8 Å². The minimum absolute atomic E-state index is 0. The van der Waals surface area contributed by atoms with Crippen molar-refractivity contribution in [3.63, 3.8) is 0 Å². The van der Waals surface area contributed by atoms with E-state index in [1.54, 1.807) is 0 Å². The molecule has 0 spiro atoms. The van der Waals surface area contributed by atoms with Gasteiger partial charge in [-0.2, -0.15) is 10.2 Å². The molecule has 6 rings (SSSR count). The molecule has 0 aliphatic heterocycles. The van der Waals surface area contributed by atoms with E-state index < -0.39 is 5.97 Å². The van der Waals surface area contributed by atoms with Crippen LogP contribution in [-0.2, 0) is 27.2 Å². The molecule has 2 aromatic carbocycles. The summed E-state index contributed by atoms with van der Waals surface area (Å²) in [6.07, 6.45) is 4.46. The van der Waals surface area contributed by atoms with Crippen molar-refractivity contribution in [2.24, 2.45) is 35.5 Å². The molecule has 4 atom stereocenters. The van der Waals surface area contributed by atoms with Gasteiger partial charge < -0.3 is 19.7 Å². The number of nitrogens with one attached hydrogen (secondary N) is 2. The van der Waals surface area contributed by atoms with Gasteiger partial charge in [0.25, 0.3) is 0 Å². The fraction of sp³-hybridized carbons (Fsp3) is 0.550. The quantitative estimate of drug-likeness (QED) is 0.186. The second-order valence-electron chi connectivity index (χ2n) is 15.2. The summed E-state index contributed by atoms with van der Waals surface area (Å²) in [7, 11) is 0. The molecule has 2 aliphatic rings. The van der Waals surface area contributed by atoms with Crippen LogP contribution >= 0.6 is 12.4 Å². The van der Waals surface area contributed by atoms with Gasteiger partial charge in [0.2, 0.25) is 0 Å². The van der Waals surface area contributed by atoms with Gasteiger partial charge in [0, 0.05) is 26.4 Å². The monoisotopic (exact) mass is 762 g/mol. The van der Waals surface area contributed by atoms with Crippen LogP contribution < -0.4 is 34.7 Å². The van der Waals surface area contributed by atoms with Crippen molar-refractivity contribution in [2.75, 3.05) is 0 Å². The van der Waals surface area contributed by atoms with Gasteiger partial charge in [-0.1, -0.05) is 101 Å². The smallest absolute Gasteiger partial charge is 0.550 e. The van der Waals surface area contributed by atoms with Crippen molar-refractivity contribution in [3.05, 3.63) is 71.3 Å². The number of aliphatic carboxylic acids is 1. The minimum Gasteiger partial charge on any atom is -0.550 e. The number of carbonyl (C=O) groups is 2. The molecule has 11 nitrogen and oxygen atoms in total. The number of aliphatic hydroxyl groups excluding tert-OH is 1. The van der Waals surface area contributed by atoms with Crippen molar-refractivity contribution in [1.29, 1.82) is 0 Å². The number of aliphatic hydroxyl groups is 1. The van der Waals surface area contributed by atoms with Gasteiger partial charge in [0.15, 0.2) is 11.6 Å². The molecular weight excluding hydrogens is 703 g/mol. The number of carbonyl (C=O) groups excluding carboxylic acids is 2. The third kappa shape index (κ3) is 14.2. The van der Waals surface area contributed by atoms with Gasteiger partial charge in [-0.25, -0.2) is 9.97 Å². The molecular formula is C40H60ClN6NaO5. The average Bonchev–Trinajstić information content (AvgIpc) is 3.72. The summed E-state index contributed by atoms with van der Waals surface area (Å²) in [6.45, 7) is 17.2. The Morgan fingerprint density at radius 2 is 1.09 bits per heavy atom. The largest absolute Gasteiger partial charge is 1.00 e. The van der Waals surface area contributed by atoms with Crippen LogP contribution in [0.25, 0.3) is 22.8 Å². The number of ether oxygens (including phenoxy) is 1. The van der Waals surface area contributed by atoms with E-state index in [2.05, 4.69) is 71.9 Å². The maximum absolute atomic E-state index is 12.3. The Morgan fingerprint density at radius 1 is 0.717 bits per heavy atom. The summed E-state index contributed by atoms with van der Waals surface area (Å²) in [5, 5.41) is 33.5. The van der Waals surface area contributed by atoms with E-state index in [-0.39, 0.29) is 75.8 Å². The summed E-state index contributed by atoms with van der Waals surface area (Å²) in [5.41, 5.74) is 4.12. The number of hydrogen-bond acceptors (Lipinski definition) is 9. The number of aryl methyl sites for hydroxylation is 2. The molecule has 3 N–H and O–H groups in total. The molecule has 13 heteroatoms. The number of H-pyrrole nitrogens is 2. The normalized spacial score (nSPS) is 24.8. The zero-order valence-electron chi connectivity index (χ0n) is 32.8. The summed E-state index contributed by atoms with van der Waals surface area (Å²) < 4.78 is 5.77. The van der Waals surface area contributed by atoms with Crippen LogP contribution in [0.3, 0.4) is 0 Å². The first kappa shape index (κ1) is 46.1. The average molecular weight is 763 g/mol. The molecule has 2 heterocycles. The zero-order chi connectivity index (χ0) is 37.2. The minimum atomic E-state index is -1.17. The SMILES string of the molecule is CC1CC(C)C(O)C(C)C1.Cc1ccc(-c2n[nH]c(CC(=O)OC3C(C)CC(C)CC3C)n2)cc1.Cc1ccc(-c2n[nH]c(CC(=O)[O-])n2)cc1.Cl.[HH].[HH].[Na+]. The zero-order valence-corrected chi connectivity index (χ0v) is 35.6. The molecule has 4 unspecified atom stereocenters. The van der Waals surface area contributed by atoms with Gasteiger partial charge in [0.05, 0.1) is 6.10 Å². The molecule has 0 radical (unpaired) electrons. The van der Waals surface area contributed by atoms with Crippen LogP contribution in [-0.4, -0.2) is 59.6 Å². The molecule has 0 bridgehead atoms. The number of nitrogens with zero attached hydrogens (tertiary/aromatic N) is 4. The number of esters is 1. The van der Waals surface area contributed by atoms with Crippen molar-refractivity contribution in [3.8, 4) is 22.8 Å². The number of hydrogen-bond donors (Lipinski definition) is 3. The molecule has 53 heavy (non-hydrogen) atoms. The van der Waals surface area contributed by atoms with Gasteiger partial charge in [-0.3, -0.25) is 15.0 Å². The fourth-order valence-electron chi connectivity index (χ4n) is 7.51. The molecule has 2 aromatic heterocycles. The van der Waals surface area contributed by atoms with E-state index in [0.29, 0.717) is 52.9 Å². The molecule has 0 saturated heterocycles. The second-order valence-corrected chi connectivity index (χ2v) is 15.2. The van der Waals surface area contributed by atoms with Crippen LogP contribution in [0.4, 0.5) is 0 Å². The van der Waals surface area contributed by atoms with Gasteiger partial charge in [0.1, 0.15) is 24.2 Å². The predicted molar refractivity (Wildman–Crippen MR) is 206 cm³/mol. The van der Waals surface area contributed by atoms with E-state index in [1.165, 1.54) is 18.4 Å². The summed E-state index contributed by atoms with van der Waals surface area (Å²) in [6, 6.07) is 15.7. The first-order chi connectivity index (χ1) is 24.2. The van der Waals surface area contributed by atoms with Crippen molar-refractivity contribution in [2.45, 2.75) is 106 Å². The Hall–Kier alpha value is -3.09. The van der Waals surface area contributed by atoms with Gasteiger partial charge >= 0.3 is 35.5 Å². The number of carboxylic acid groups (broad SMARTS) is 1. The van der Waals surface area contributed by atoms with Gasteiger partial charge in [-0.15, -0.1) is 12.4 Å². The van der Waals surface area contributed by atoms with Crippen LogP contribution in [0.1, 0.15) is 92.9 Å². The third-order valence-corrected chi connectivity index (χ3v) is 9.96. The Balaban J connectivity index is 0.000000841. The number of aromatic nitrogens is 6. The van der Waals surface area contributed by atoms with Crippen molar-refractivity contribution in [1.82, 2.24) is 30.4 Å². The van der Waals surface area contributed by atoms with E-state index in [1.807, 2.05) is 62.4 Å². The molecule has 2 fully saturated rings. The molecule has 4 aromatic rings. The summed E-state index contributed by atoms with van der Waals surface area (Å²) in [4.78, 5) is 31.2. The van der Waals surface area contributed by atoms with E-state index in [4.69, 9.17) is 4.74 Å². The first-order valence-electron chi connectivity index (χ1n) is 18.2. The van der Waals surface area contributed by atoms with E-state index in [0.717, 1.165) is 35.4 Å². The number of aromatic amines is 2. The van der Waals surface area contributed by atoms with Crippen molar-refractivity contribution >= 4 is 24.3 Å². The van der Waals surface area contributed by atoms with Gasteiger partial charge in [-0.05, 0) is 75.0 Å². The molecule has 288 valence electrons. The van der Waals surface area contributed by atoms with Crippen LogP contribution in [0, 0.1) is 49.4 Å². The molecule has 2 saturated carbocycles. The van der Waals surface area contributed by atoms with Crippen LogP contribution in [0.5, 0.6) is 0 Å². The summed E-state index contributed by atoms with van der Waals surface area (Å²) in [5.74, 6) is 3.89. The van der Waals surface area contributed by atoms with Crippen molar-refractivity contribution < 1.29 is 56.9 Å². The Labute approximate surface area is 345 Å². The summed E-state index contributed by atoms with van der Waals surface area (Å²) >= 11 is 0. The topological polar surface area (TPSA) is 170 Å². The Bertz CT molecular complexity index is 1690. The molecule has 2 aliphatic carbocycles. The third-order valence-electron chi connectivity index (χ3n) is 9.96. The maximum Gasteiger partial charge on any atom is 1.00 e. The predicted octanol–water partition coefficient (Wildman–Crippen LogP) is 3.98. The number of carboxylic acids is 1. The van der Waals surface area contributed by atoms with E-state index >= 15 is 0 Å². The first-order valence-corrected chi connectivity index (χ1v) is 18.2. The second kappa shape index (κ2) is 21.7. The fourth-order valence-corrected chi connectivity index (χ4v) is 7.51. The number of rotatable bonds is 7. The molecule has 0 amide bonds. The standard InChI is InChI=1S/C20H27N3O2.C11H11N3O2.C9H18O.ClH.Na.2H2/c1-12-5-7-16(8-6-12)20-21-17(22-23-20)11-18(24)25-19-14(3)9-13(2)10-15(19)4;1-7-2-4-8(5-3-7)11-12-9(13-14-11)6-10(15)16;1-6-4-7(2)9(10)8(3)5-6;;;;/h5-8,13-15,19H,9-11H2,1-4H3,(H,21,22,23);2-5H,6H2,1H3,(H,15,16)(H,12,13,14);6-10H,4-5H2,1-3H3;1H;;2*1H/q;;;;+1;;/p-1. The Kier molecular flexibility index (Phi) is 18.9. The van der Waals surface area contributed by atoms with Crippen LogP contribution in [0.2, 0.25) is 0 Å². The van der Waals surface area contributed by atoms with Crippen LogP contribution in [0.15, 0.2) is 48.5 Å². The Morgan fingerprint density at radius 3 is 1.49 bits per heavy atom.